The first-order valence-electron chi connectivity index (χ1n) is 6.42. The smallest absolute Gasteiger partial charge is 0.0215 e. The van der Waals surface area contributed by atoms with Gasteiger partial charge >= 0.3 is 0 Å². The molecule has 0 rings (SSSR count). The molecule has 0 aliphatic heterocycles. The van der Waals surface area contributed by atoms with Crippen molar-refractivity contribution in [3.63, 3.8) is 0 Å². The number of allylic oxidation sites excluding steroid dienone is 4. The fourth-order valence-electron chi connectivity index (χ4n) is 2.22. The second-order valence-electron chi connectivity index (χ2n) is 4.78. The van der Waals surface area contributed by atoms with Gasteiger partial charge in [-0.1, -0.05) is 38.3 Å². The molecule has 0 heterocycles. The van der Waals surface area contributed by atoms with Crippen LogP contribution < -0.4 is 0 Å². The maximum absolute atomic E-state index is 7.61. The van der Waals surface area contributed by atoms with Crippen LogP contribution in [0.2, 0.25) is 0 Å². The Morgan fingerprint density at radius 1 is 1.06 bits per heavy atom. The van der Waals surface area contributed by atoms with Crippen LogP contribution in [-0.2, 0) is 0 Å². The zero-order valence-corrected chi connectivity index (χ0v) is 11.6. The first-order chi connectivity index (χ1) is 7.56. The second-order valence-corrected chi connectivity index (χ2v) is 4.78. The van der Waals surface area contributed by atoms with Gasteiger partial charge in [0.15, 0.2) is 0 Å². The maximum atomic E-state index is 7.61. The van der Waals surface area contributed by atoms with Gasteiger partial charge in [-0.15, -0.1) is 0 Å². The van der Waals surface area contributed by atoms with Gasteiger partial charge in [0.2, 0.25) is 0 Å². The third-order valence-electron chi connectivity index (χ3n) is 2.83. The molecule has 1 heteroatoms. The van der Waals surface area contributed by atoms with Crippen molar-refractivity contribution >= 4 is 6.21 Å². The van der Waals surface area contributed by atoms with Gasteiger partial charge in [0.1, 0.15) is 0 Å². The third-order valence-corrected chi connectivity index (χ3v) is 2.83. The molecule has 0 saturated heterocycles. The van der Waals surface area contributed by atoms with E-state index < -0.39 is 0 Å². The molecule has 1 nitrogen and oxygen atoms in total. The van der Waals surface area contributed by atoms with Crippen LogP contribution >= 0.6 is 0 Å². The largest absolute Gasteiger partial charge is 0.308 e. The van der Waals surface area contributed by atoms with Crippen molar-refractivity contribution in [3.05, 3.63) is 22.8 Å². The lowest BCUT2D eigenvalue weighted by atomic mass is 9.87. The van der Waals surface area contributed by atoms with E-state index in [9.17, 15) is 0 Å². The van der Waals surface area contributed by atoms with Crippen LogP contribution in [0, 0.1) is 11.3 Å². The molecular formula is C15H27N. The van der Waals surface area contributed by atoms with Crippen molar-refractivity contribution in [1.82, 2.24) is 0 Å². The molecule has 0 unspecified atom stereocenters. The van der Waals surface area contributed by atoms with Crippen LogP contribution in [0.3, 0.4) is 0 Å². The molecule has 0 aromatic carbocycles. The number of hydrogen-bond donors (Lipinski definition) is 1. The van der Waals surface area contributed by atoms with E-state index in [4.69, 9.17) is 5.41 Å². The van der Waals surface area contributed by atoms with Crippen molar-refractivity contribution in [3.8, 4) is 0 Å². The Bertz CT molecular complexity index is 261. The molecule has 0 radical (unpaired) electrons. The Balaban J connectivity index is 5.03. The summed E-state index contributed by atoms with van der Waals surface area (Å²) in [5, 5.41) is 7.61. The molecule has 0 atom stereocenters. The summed E-state index contributed by atoms with van der Waals surface area (Å²) in [6.07, 6.45) is 8.55. The zero-order chi connectivity index (χ0) is 12.6. The average Bonchev–Trinajstić information content (AvgIpc) is 2.18. The molecule has 92 valence electrons. The van der Waals surface area contributed by atoms with Gasteiger partial charge in [-0.05, 0) is 50.7 Å². The Labute approximate surface area is 101 Å². The molecule has 0 spiro atoms. The van der Waals surface area contributed by atoms with E-state index >= 15 is 0 Å². The first-order valence-corrected chi connectivity index (χ1v) is 6.42. The van der Waals surface area contributed by atoms with Crippen LogP contribution in [-0.4, -0.2) is 6.21 Å². The van der Waals surface area contributed by atoms with E-state index in [1.165, 1.54) is 42.4 Å². The lowest BCUT2D eigenvalue weighted by Gasteiger charge is -2.18. The normalized spacial score (nSPS) is 12.4. The molecule has 0 aromatic rings. The van der Waals surface area contributed by atoms with Crippen LogP contribution in [0.1, 0.15) is 60.3 Å². The summed E-state index contributed by atoms with van der Waals surface area (Å²) in [7, 11) is 0. The van der Waals surface area contributed by atoms with Gasteiger partial charge in [-0.25, -0.2) is 0 Å². The highest BCUT2D eigenvalue weighted by Gasteiger charge is 2.12. The summed E-state index contributed by atoms with van der Waals surface area (Å²) >= 11 is 0. The molecule has 0 fully saturated rings. The topological polar surface area (TPSA) is 23.9 Å². The van der Waals surface area contributed by atoms with E-state index in [0.29, 0.717) is 5.92 Å². The standard InChI is InChI=1S/C15H27N/c1-6-8-14(9-7-2)15(11-16)13(5)10-12(3)4/h10-11,14,16H,6-9H2,1-5H3/b15-13+,16-11?. The summed E-state index contributed by atoms with van der Waals surface area (Å²) in [4.78, 5) is 0. The molecule has 0 aliphatic carbocycles. The predicted molar refractivity (Wildman–Crippen MR) is 74.2 cm³/mol. The van der Waals surface area contributed by atoms with E-state index in [0.717, 1.165) is 0 Å². The van der Waals surface area contributed by atoms with E-state index in [1.54, 1.807) is 6.21 Å². The van der Waals surface area contributed by atoms with Gasteiger partial charge in [-0.2, -0.15) is 0 Å². The van der Waals surface area contributed by atoms with Gasteiger partial charge in [0.05, 0.1) is 0 Å². The van der Waals surface area contributed by atoms with Crippen molar-refractivity contribution in [2.75, 3.05) is 0 Å². The van der Waals surface area contributed by atoms with E-state index in [2.05, 4.69) is 40.7 Å². The fraction of sp³-hybridized carbons (Fsp3) is 0.667. The summed E-state index contributed by atoms with van der Waals surface area (Å²) < 4.78 is 0. The lowest BCUT2D eigenvalue weighted by molar-refractivity contribution is 0.516. The molecule has 0 amide bonds. The highest BCUT2D eigenvalue weighted by atomic mass is 14.4. The van der Waals surface area contributed by atoms with Gasteiger partial charge < -0.3 is 5.41 Å². The predicted octanol–water partition coefficient (Wildman–Crippen LogP) is 5.14. The minimum Gasteiger partial charge on any atom is -0.308 e. The highest BCUT2D eigenvalue weighted by Crippen LogP contribution is 2.24. The average molecular weight is 221 g/mol. The third kappa shape index (κ3) is 5.29. The van der Waals surface area contributed by atoms with Crippen molar-refractivity contribution in [1.29, 1.82) is 5.41 Å². The Morgan fingerprint density at radius 2 is 1.56 bits per heavy atom. The van der Waals surface area contributed by atoms with Crippen LogP contribution in [0.15, 0.2) is 22.8 Å². The Hall–Kier alpha value is -0.850. The van der Waals surface area contributed by atoms with Crippen LogP contribution in [0.25, 0.3) is 0 Å². The molecule has 16 heavy (non-hydrogen) atoms. The van der Waals surface area contributed by atoms with E-state index in [1.807, 2.05) is 0 Å². The lowest BCUT2D eigenvalue weighted by Crippen LogP contribution is -2.07. The first kappa shape index (κ1) is 15.2. The molecule has 0 aliphatic rings. The van der Waals surface area contributed by atoms with Crippen molar-refractivity contribution in [2.24, 2.45) is 5.92 Å². The zero-order valence-electron chi connectivity index (χ0n) is 11.6. The van der Waals surface area contributed by atoms with Gasteiger partial charge in [0, 0.05) is 6.21 Å². The quantitative estimate of drug-likeness (QED) is 0.455. The van der Waals surface area contributed by atoms with Gasteiger partial charge in [-0.3, -0.25) is 0 Å². The summed E-state index contributed by atoms with van der Waals surface area (Å²) in [5.41, 5.74) is 3.80. The van der Waals surface area contributed by atoms with E-state index in [-0.39, 0.29) is 0 Å². The van der Waals surface area contributed by atoms with Gasteiger partial charge in [0.25, 0.3) is 0 Å². The summed E-state index contributed by atoms with van der Waals surface area (Å²) in [6.45, 7) is 10.8. The maximum Gasteiger partial charge on any atom is 0.0215 e. The summed E-state index contributed by atoms with van der Waals surface area (Å²) in [6, 6.07) is 0. The fourth-order valence-corrected chi connectivity index (χ4v) is 2.22. The SMILES string of the molecule is CCCC(CCC)/C(C=N)=C(\C)C=C(C)C. The summed E-state index contributed by atoms with van der Waals surface area (Å²) in [5.74, 6) is 0.572. The Kier molecular flexibility index (Phi) is 7.88. The monoisotopic (exact) mass is 221 g/mol. The van der Waals surface area contributed by atoms with Crippen molar-refractivity contribution in [2.45, 2.75) is 60.3 Å². The molecule has 0 bridgehead atoms. The second kappa shape index (κ2) is 8.32. The number of rotatable bonds is 7. The van der Waals surface area contributed by atoms with Crippen molar-refractivity contribution < 1.29 is 0 Å². The number of nitrogens with one attached hydrogen (secondary N) is 1. The minimum absolute atomic E-state index is 0.572. The molecule has 1 N–H and O–H groups in total. The molecule has 0 saturated carbocycles. The van der Waals surface area contributed by atoms with Crippen LogP contribution in [0.4, 0.5) is 0 Å². The minimum atomic E-state index is 0.572. The number of hydrogen-bond acceptors (Lipinski definition) is 1. The molecule has 0 aromatic heterocycles. The Morgan fingerprint density at radius 3 is 1.88 bits per heavy atom. The molecular weight excluding hydrogens is 194 g/mol. The van der Waals surface area contributed by atoms with Crippen LogP contribution in [0.5, 0.6) is 0 Å². The highest BCUT2D eigenvalue weighted by molar-refractivity contribution is 5.78.